The smallest absolute Gasteiger partial charge is 0.409 e. The van der Waals surface area contributed by atoms with Crippen LogP contribution in [0.2, 0.25) is 5.02 Å². The first kappa shape index (κ1) is 64.5. The number of benzene rings is 1. The molecule has 79 heavy (non-hydrogen) atoms. The Bertz CT molecular complexity index is 2480. The molecule has 3 fully saturated rings. The highest BCUT2D eigenvalue weighted by molar-refractivity contribution is 8.00. The molecule has 4 bridgehead atoms. The fourth-order valence-electron chi connectivity index (χ4n) is 10.7. The van der Waals surface area contributed by atoms with E-state index in [0.29, 0.717) is 62.2 Å². The molecular weight excluding hydrogens is 1060 g/mol. The van der Waals surface area contributed by atoms with Gasteiger partial charge in [0.1, 0.15) is 40.6 Å². The summed E-state index contributed by atoms with van der Waals surface area (Å²) >= 11 is 7.77. The number of alkyl carbamates (subject to hydrolysis) is 1. The first-order valence-electron chi connectivity index (χ1n) is 27.9. The fraction of sp³-hybridized carbons (Fsp3) is 0.672. The van der Waals surface area contributed by atoms with E-state index >= 15 is 0 Å². The van der Waals surface area contributed by atoms with E-state index < -0.39 is 94.6 Å². The molecule has 438 valence electrons. The number of ether oxygens (including phenoxy) is 3. The summed E-state index contributed by atoms with van der Waals surface area (Å²) in [7, 11) is 3.00. The van der Waals surface area contributed by atoms with Crippen molar-refractivity contribution in [2.45, 2.75) is 199 Å². The number of fused-ring (bicyclic) bond motifs is 5. The minimum Gasteiger partial charge on any atom is -0.480 e. The van der Waals surface area contributed by atoms with Crippen LogP contribution in [0.15, 0.2) is 35.9 Å². The van der Waals surface area contributed by atoms with Crippen molar-refractivity contribution in [1.82, 2.24) is 20.9 Å². The molecule has 1 aliphatic carbocycles. The number of unbranched alkanes of at least 4 members (excludes halogenated alkanes) is 2. The molecule has 2 saturated heterocycles. The molecule has 3 heterocycles. The molecule has 0 spiro atoms. The number of nitrogens with one attached hydrogen (secondary N) is 3. The molecule has 5 N–H and O–H groups in total. The lowest BCUT2D eigenvalue weighted by Gasteiger charge is -2.41. The Balaban J connectivity index is 1.14. The lowest BCUT2D eigenvalue weighted by atomic mass is 9.79. The van der Waals surface area contributed by atoms with Crippen molar-refractivity contribution in [3.8, 4) is 0 Å². The Kier molecular flexibility index (Phi) is 23.6. The van der Waals surface area contributed by atoms with Gasteiger partial charge in [0.15, 0.2) is 5.78 Å². The third-order valence-electron chi connectivity index (χ3n) is 16.4. The van der Waals surface area contributed by atoms with Crippen molar-refractivity contribution < 1.29 is 67.6 Å². The van der Waals surface area contributed by atoms with Gasteiger partial charge in [-0.2, -0.15) is 0 Å². The molecule has 3 unspecified atom stereocenters. The number of amides is 5. The van der Waals surface area contributed by atoms with Gasteiger partial charge < -0.3 is 44.9 Å². The minimum absolute atomic E-state index is 0.00928. The minimum atomic E-state index is -1.67. The van der Waals surface area contributed by atoms with Crippen LogP contribution in [-0.2, 0) is 59.0 Å². The predicted octanol–water partition coefficient (Wildman–Crippen LogP) is 7.33. The van der Waals surface area contributed by atoms with Gasteiger partial charge in [0.25, 0.3) is 0 Å². The monoisotopic (exact) mass is 1140 g/mol. The van der Waals surface area contributed by atoms with Gasteiger partial charge in [0, 0.05) is 76.3 Å². The number of carbonyl (C=O) groups excluding carboxylic acids is 8. The molecule has 0 radical (unpaired) electrons. The molecular formula is C58H84ClN5O14S. The number of anilines is 1. The van der Waals surface area contributed by atoms with E-state index in [4.69, 9.17) is 25.8 Å². The summed E-state index contributed by atoms with van der Waals surface area (Å²) in [5, 5.41) is 29.2. The number of ketones is 2. The molecule has 1 aromatic rings. The van der Waals surface area contributed by atoms with Crippen LogP contribution in [0, 0.1) is 30.6 Å². The van der Waals surface area contributed by atoms with Crippen LogP contribution >= 0.6 is 23.4 Å². The van der Waals surface area contributed by atoms with E-state index in [1.165, 1.54) is 30.7 Å². The molecule has 0 aromatic heterocycles. The molecule has 21 heteroatoms. The molecule has 3 aliphatic heterocycles. The van der Waals surface area contributed by atoms with E-state index in [1.54, 1.807) is 34.7 Å². The van der Waals surface area contributed by atoms with Crippen molar-refractivity contribution in [2.75, 3.05) is 31.3 Å². The van der Waals surface area contributed by atoms with Crippen LogP contribution in [0.25, 0.3) is 0 Å². The zero-order chi connectivity index (χ0) is 58.5. The van der Waals surface area contributed by atoms with Gasteiger partial charge in [0.05, 0.1) is 29.3 Å². The number of aliphatic carboxylic acids is 1. The summed E-state index contributed by atoms with van der Waals surface area (Å²) in [6, 6.07) is 2.11. The standard InChI is InChI=1S/C58H84ClN5O14S/c1-11-48(67)61-42(38(7)65)18-13-12-14-19-44(66)41-22-20-39(21-23-41)32-60-49(68)29-46(54(71)72)79-25-24-50(69)63(9)37(6)55(73)77-47-30-51(70)64(10)43-28-40(27-34(3)52(43)59)26-33(2)16-15-17-35(4)58(75)31-45(76-56(74)62-58)36(5)53-57(47,8)78-53/h15-17,27-28,35-37,39,41-42,45-47,53,75H,11-14,18-26,29-32H2,1-10H3,(H,60,68)(H,61,67)(H,62,74)(H,71,72)/b17-15+,33-16+/t35-,36-,37+,39?,41?,42?,45?,46?,47+,53+,57+,58+/m1/s1. The van der Waals surface area contributed by atoms with E-state index in [-0.39, 0.29) is 60.7 Å². The van der Waals surface area contributed by atoms with Crippen LogP contribution in [-0.4, -0.2) is 142 Å². The topological polar surface area (TPSA) is 268 Å². The van der Waals surface area contributed by atoms with Crippen LogP contribution in [0.5, 0.6) is 0 Å². The van der Waals surface area contributed by atoms with Gasteiger partial charge in [0.2, 0.25) is 23.6 Å². The Morgan fingerprint density at radius 2 is 1.72 bits per heavy atom. The van der Waals surface area contributed by atoms with Crippen LogP contribution < -0.4 is 20.9 Å². The fourth-order valence-corrected chi connectivity index (χ4v) is 12.0. The number of nitrogens with zero attached hydrogens (tertiary/aromatic N) is 2. The van der Waals surface area contributed by atoms with Gasteiger partial charge in [-0.1, -0.05) is 75.1 Å². The number of esters is 1. The maximum absolute atomic E-state index is 14.3. The molecule has 10 atom stereocenters. The van der Waals surface area contributed by atoms with Gasteiger partial charge in [-0.25, -0.2) is 9.59 Å². The van der Waals surface area contributed by atoms with E-state index in [1.807, 2.05) is 44.2 Å². The maximum atomic E-state index is 14.3. The van der Waals surface area contributed by atoms with E-state index in [0.717, 1.165) is 54.1 Å². The third kappa shape index (κ3) is 17.8. The van der Waals surface area contributed by atoms with Gasteiger partial charge in [-0.05, 0) is 103 Å². The number of hydrogen-bond donors (Lipinski definition) is 5. The summed E-state index contributed by atoms with van der Waals surface area (Å²) in [6.45, 7) is 14.1. The van der Waals surface area contributed by atoms with Crippen molar-refractivity contribution in [2.24, 2.45) is 23.7 Å². The van der Waals surface area contributed by atoms with Crippen molar-refractivity contribution in [1.29, 1.82) is 0 Å². The maximum Gasteiger partial charge on any atom is 0.409 e. The van der Waals surface area contributed by atoms with Crippen molar-refractivity contribution >= 4 is 82.3 Å². The van der Waals surface area contributed by atoms with E-state index in [9.17, 15) is 53.4 Å². The SMILES string of the molecule is CCC(=O)NC(CCCCCC(=O)C1CCC(CNC(=O)CC(SCCC(=O)N(C)[C@@H](C)C(=O)O[C@H]2CC(=O)N(C)c3cc(cc(C)c3Cl)C/C(C)=C/C=C/[C@@H](C)[C@@]3(O)CC(OC(=O)N3)[C@@H](C)[C@@H]3O[C@@]23C)C(=O)O)CC1)C(C)=O. The third-order valence-corrected chi connectivity index (χ3v) is 18.1. The number of carboxylic acid groups (broad SMARTS) is 1. The quantitative estimate of drug-likeness (QED) is 0.0432. The number of thioether (sulfide) groups is 1. The number of aryl methyl sites for hydroxylation is 1. The van der Waals surface area contributed by atoms with Crippen molar-refractivity contribution in [3.05, 3.63) is 52.1 Å². The first-order valence-corrected chi connectivity index (χ1v) is 29.3. The highest BCUT2D eigenvalue weighted by atomic mass is 35.5. The number of carbonyl (C=O) groups is 9. The number of halogens is 1. The molecule has 5 rings (SSSR count). The first-order chi connectivity index (χ1) is 37.2. The number of likely N-dealkylation sites (N-methyl/N-ethyl adjacent to an activating group) is 1. The van der Waals surface area contributed by atoms with Crippen LogP contribution in [0.1, 0.15) is 149 Å². The Labute approximate surface area is 474 Å². The summed E-state index contributed by atoms with van der Waals surface area (Å²) in [5.41, 5.74) is 0.119. The predicted molar refractivity (Wildman–Crippen MR) is 300 cm³/mol. The number of aliphatic hydroxyl groups is 1. The number of Topliss-reactive ketones (excluding diaryl/α,β-unsaturated/α-hetero) is 2. The summed E-state index contributed by atoms with van der Waals surface area (Å²) in [5.74, 6) is -4.42. The average Bonchev–Trinajstić information content (AvgIpc) is 4.22. The lowest BCUT2D eigenvalue weighted by molar-refractivity contribution is -0.162. The highest BCUT2D eigenvalue weighted by Crippen LogP contribution is 2.49. The summed E-state index contributed by atoms with van der Waals surface area (Å²) in [6.07, 6.45) is 8.12. The van der Waals surface area contributed by atoms with Gasteiger partial charge in [-0.3, -0.25) is 38.9 Å². The largest absolute Gasteiger partial charge is 0.480 e. The number of rotatable bonds is 22. The zero-order valence-corrected chi connectivity index (χ0v) is 49.2. The molecule has 1 aromatic carbocycles. The van der Waals surface area contributed by atoms with Gasteiger partial charge >= 0.3 is 18.0 Å². The Morgan fingerprint density at radius 3 is 2.38 bits per heavy atom. The number of carboxylic acids is 1. The average molecular weight is 1140 g/mol. The van der Waals surface area contributed by atoms with Crippen LogP contribution in [0.3, 0.4) is 0 Å². The normalized spacial score (nSPS) is 28.4. The second kappa shape index (κ2) is 28.9. The molecule has 1 saturated carbocycles. The second-order valence-corrected chi connectivity index (χ2v) is 24.2. The number of allylic oxidation sites excluding steroid dienone is 3. The lowest BCUT2D eigenvalue weighted by Crippen LogP contribution is -2.60. The number of hydrogen-bond acceptors (Lipinski definition) is 14. The Hall–Kier alpha value is -5.31. The second-order valence-electron chi connectivity index (χ2n) is 22.5. The molecule has 19 nitrogen and oxygen atoms in total. The molecule has 5 amide bonds. The van der Waals surface area contributed by atoms with Crippen molar-refractivity contribution in [3.63, 3.8) is 0 Å². The molecule has 4 aliphatic rings. The number of epoxide rings is 1. The Morgan fingerprint density at radius 1 is 1.03 bits per heavy atom. The van der Waals surface area contributed by atoms with Crippen LogP contribution in [0.4, 0.5) is 10.5 Å². The van der Waals surface area contributed by atoms with E-state index in [2.05, 4.69) is 16.0 Å². The summed E-state index contributed by atoms with van der Waals surface area (Å²) in [4.78, 5) is 119. The zero-order valence-electron chi connectivity index (χ0n) is 47.7. The van der Waals surface area contributed by atoms with Gasteiger partial charge in [-0.15, -0.1) is 11.8 Å². The highest BCUT2D eigenvalue weighted by Gasteiger charge is 2.64. The summed E-state index contributed by atoms with van der Waals surface area (Å²) < 4.78 is 18.2.